The Morgan fingerprint density at radius 3 is 2.83 bits per heavy atom. The molecule has 0 aromatic carbocycles. The molecule has 66 valence electrons. The summed E-state index contributed by atoms with van der Waals surface area (Å²) in [6, 6.07) is 0. The lowest BCUT2D eigenvalue weighted by Gasteiger charge is -2.27. The third kappa shape index (κ3) is 1.69. The van der Waals surface area contributed by atoms with E-state index >= 15 is 0 Å². The Morgan fingerprint density at radius 2 is 2.33 bits per heavy atom. The Hall–Kier alpha value is -0.780. The molecule has 0 heterocycles. The van der Waals surface area contributed by atoms with Gasteiger partial charge in [0.1, 0.15) is 0 Å². The van der Waals surface area contributed by atoms with Crippen molar-refractivity contribution in [2.45, 2.75) is 33.1 Å². The molecule has 1 atom stereocenters. The zero-order valence-corrected chi connectivity index (χ0v) is 8.14. The highest BCUT2D eigenvalue weighted by molar-refractivity contribution is 5.29. The summed E-state index contributed by atoms with van der Waals surface area (Å²) in [7, 11) is 0. The summed E-state index contributed by atoms with van der Waals surface area (Å²) >= 11 is 0. The Bertz CT molecular complexity index is 220. The van der Waals surface area contributed by atoms with Crippen LogP contribution in [0.25, 0.3) is 0 Å². The molecule has 0 saturated heterocycles. The normalized spacial score (nSPS) is 28.3. The number of hydrogen-bond donors (Lipinski definition) is 0. The topological polar surface area (TPSA) is 0 Å². The average Bonchev–Trinajstić information content (AvgIpc) is 2.18. The molecule has 0 amide bonds. The van der Waals surface area contributed by atoms with Crippen molar-refractivity contribution < 1.29 is 0 Å². The van der Waals surface area contributed by atoms with Gasteiger partial charge in [-0.2, -0.15) is 0 Å². The van der Waals surface area contributed by atoms with Crippen LogP contribution in [0, 0.1) is 5.41 Å². The fraction of sp³-hybridized carbons (Fsp3) is 0.500. The molecule has 0 heteroatoms. The molecule has 0 nitrogen and oxygen atoms in total. The van der Waals surface area contributed by atoms with E-state index in [1.165, 1.54) is 5.57 Å². The van der Waals surface area contributed by atoms with Crippen molar-refractivity contribution in [1.29, 1.82) is 0 Å². The summed E-state index contributed by atoms with van der Waals surface area (Å²) in [5, 5.41) is 0. The van der Waals surface area contributed by atoms with Gasteiger partial charge in [0.05, 0.1) is 0 Å². The van der Waals surface area contributed by atoms with Gasteiger partial charge in [0, 0.05) is 5.41 Å². The zero-order valence-electron chi connectivity index (χ0n) is 8.14. The van der Waals surface area contributed by atoms with Gasteiger partial charge in [-0.15, -0.1) is 6.58 Å². The Kier molecular flexibility index (Phi) is 2.91. The highest BCUT2D eigenvalue weighted by atomic mass is 14.3. The van der Waals surface area contributed by atoms with E-state index in [4.69, 9.17) is 0 Å². The van der Waals surface area contributed by atoms with Crippen molar-refractivity contribution in [2.24, 2.45) is 5.41 Å². The lowest BCUT2D eigenvalue weighted by molar-refractivity contribution is 0.473. The maximum Gasteiger partial charge on any atom is 0.00960 e. The largest absolute Gasteiger partial charge is 0.102 e. The second kappa shape index (κ2) is 3.75. The van der Waals surface area contributed by atoms with Gasteiger partial charge in [-0.25, -0.2) is 0 Å². The molecule has 0 aromatic heterocycles. The summed E-state index contributed by atoms with van der Waals surface area (Å²) in [5.74, 6) is 0. The van der Waals surface area contributed by atoms with Crippen molar-refractivity contribution in [2.75, 3.05) is 0 Å². The monoisotopic (exact) mass is 162 g/mol. The molecule has 0 spiro atoms. The van der Waals surface area contributed by atoms with Crippen LogP contribution in [0.4, 0.5) is 0 Å². The van der Waals surface area contributed by atoms with Crippen LogP contribution in [-0.4, -0.2) is 0 Å². The van der Waals surface area contributed by atoms with E-state index in [1.807, 2.05) is 0 Å². The third-order valence-corrected chi connectivity index (χ3v) is 2.78. The maximum atomic E-state index is 3.92. The summed E-state index contributed by atoms with van der Waals surface area (Å²) in [6.07, 6.45) is 12.4. The fourth-order valence-corrected chi connectivity index (χ4v) is 1.66. The molecular formula is C12H18. The van der Waals surface area contributed by atoms with Crippen LogP contribution < -0.4 is 0 Å². The summed E-state index contributed by atoms with van der Waals surface area (Å²) < 4.78 is 0. The first-order valence-electron chi connectivity index (χ1n) is 4.78. The van der Waals surface area contributed by atoms with Crippen molar-refractivity contribution in [3.63, 3.8) is 0 Å². The molecule has 1 rings (SSSR count). The van der Waals surface area contributed by atoms with E-state index in [0.29, 0.717) is 0 Å². The molecule has 0 aliphatic heterocycles. The van der Waals surface area contributed by atoms with E-state index in [0.717, 1.165) is 19.3 Å². The van der Waals surface area contributed by atoms with Gasteiger partial charge in [0.2, 0.25) is 0 Å². The Labute approximate surface area is 75.7 Å². The molecule has 0 saturated carbocycles. The summed E-state index contributed by atoms with van der Waals surface area (Å²) in [4.78, 5) is 0. The lowest BCUT2D eigenvalue weighted by Crippen LogP contribution is -2.15. The van der Waals surface area contributed by atoms with E-state index in [9.17, 15) is 0 Å². The minimum atomic E-state index is 0.250. The smallest absolute Gasteiger partial charge is 0.00960 e. The molecule has 0 fully saturated rings. The molecular weight excluding hydrogens is 144 g/mol. The first-order chi connectivity index (χ1) is 5.76. The Balaban J connectivity index is 2.87. The van der Waals surface area contributed by atoms with Crippen LogP contribution in [0.5, 0.6) is 0 Å². The van der Waals surface area contributed by atoms with E-state index in [-0.39, 0.29) is 5.41 Å². The molecule has 0 aromatic rings. The second-order valence-electron chi connectivity index (χ2n) is 3.47. The number of allylic oxidation sites excluding steroid dienone is 5. The molecule has 1 unspecified atom stereocenters. The maximum absolute atomic E-state index is 3.92. The van der Waals surface area contributed by atoms with Gasteiger partial charge < -0.3 is 0 Å². The van der Waals surface area contributed by atoms with E-state index in [1.54, 1.807) is 0 Å². The van der Waals surface area contributed by atoms with Crippen LogP contribution >= 0.6 is 0 Å². The highest BCUT2D eigenvalue weighted by Crippen LogP contribution is 2.35. The predicted molar refractivity (Wildman–Crippen MR) is 55.1 cm³/mol. The summed E-state index contributed by atoms with van der Waals surface area (Å²) in [5.41, 5.74) is 1.70. The minimum Gasteiger partial charge on any atom is -0.102 e. The van der Waals surface area contributed by atoms with Gasteiger partial charge in [0.15, 0.2) is 0 Å². The average molecular weight is 162 g/mol. The third-order valence-electron chi connectivity index (χ3n) is 2.78. The van der Waals surface area contributed by atoms with Gasteiger partial charge >= 0.3 is 0 Å². The number of hydrogen-bond acceptors (Lipinski definition) is 0. The van der Waals surface area contributed by atoms with Crippen LogP contribution in [-0.2, 0) is 0 Å². The molecule has 1 aliphatic carbocycles. The van der Waals surface area contributed by atoms with Crippen LogP contribution in [0.15, 0.2) is 36.5 Å². The van der Waals surface area contributed by atoms with Crippen molar-refractivity contribution in [3.8, 4) is 0 Å². The molecule has 12 heavy (non-hydrogen) atoms. The number of rotatable bonds is 3. The van der Waals surface area contributed by atoms with E-state index in [2.05, 4.69) is 44.7 Å². The minimum absolute atomic E-state index is 0.250. The first kappa shape index (κ1) is 9.31. The standard InChI is InChI=1S/C12H18/c1-4-11-8-7-9-12(5-2,6-3)10-11/h5,7-8,10H,2,4,6,9H2,1,3H3. The van der Waals surface area contributed by atoms with Crippen molar-refractivity contribution >= 4 is 0 Å². The molecule has 1 aliphatic rings. The van der Waals surface area contributed by atoms with Crippen molar-refractivity contribution in [1.82, 2.24) is 0 Å². The fourth-order valence-electron chi connectivity index (χ4n) is 1.66. The molecule has 0 bridgehead atoms. The van der Waals surface area contributed by atoms with Crippen molar-refractivity contribution in [3.05, 3.63) is 36.5 Å². The molecule has 0 radical (unpaired) electrons. The quantitative estimate of drug-likeness (QED) is 0.553. The van der Waals surface area contributed by atoms with E-state index < -0.39 is 0 Å². The van der Waals surface area contributed by atoms with Crippen LogP contribution in [0.3, 0.4) is 0 Å². The van der Waals surface area contributed by atoms with Crippen LogP contribution in [0.2, 0.25) is 0 Å². The SMILES string of the molecule is C=CC1(CC)C=C(CC)C=CC1. The molecule has 0 N–H and O–H groups in total. The van der Waals surface area contributed by atoms with Gasteiger partial charge in [-0.05, 0) is 19.3 Å². The first-order valence-corrected chi connectivity index (χ1v) is 4.78. The van der Waals surface area contributed by atoms with Gasteiger partial charge in [-0.1, -0.05) is 43.7 Å². The highest BCUT2D eigenvalue weighted by Gasteiger charge is 2.22. The van der Waals surface area contributed by atoms with Gasteiger partial charge in [-0.3, -0.25) is 0 Å². The Morgan fingerprint density at radius 1 is 1.58 bits per heavy atom. The van der Waals surface area contributed by atoms with Crippen LogP contribution in [0.1, 0.15) is 33.1 Å². The van der Waals surface area contributed by atoms with Gasteiger partial charge in [0.25, 0.3) is 0 Å². The second-order valence-corrected chi connectivity index (χ2v) is 3.47. The summed E-state index contributed by atoms with van der Waals surface area (Å²) in [6.45, 7) is 8.34. The zero-order chi connectivity index (χ0) is 9.03. The predicted octanol–water partition coefficient (Wildman–Crippen LogP) is 3.87. The lowest BCUT2D eigenvalue weighted by atomic mass is 9.77.